The van der Waals surface area contributed by atoms with Crippen molar-refractivity contribution < 1.29 is 34.4 Å². The standard InChI is InChI=1S/C18H12N4O4S2.C18H13N3O3S2/c23-10(24)8-20-16(26)13-14(25)15-11(12(21-13)18-19-6-7-27-18)22-17(28-15)9-4-2-1-3-5-9;1-2-24-18(23)13-14(22)15-11(12(20-13)17-19-8-9-25-17)21-16(26-15)10-6-4-3-5-7-10/h1-7,25H,8H2,(H,20,26)(H,23,24);3-9,22H,2H2,1H3. The Hall–Kier alpha value is -6.21. The zero-order valence-corrected chi connectivity index (χ0v) is 31.1. The fourth-order valence-electron chi connectivity index (χ4n) is 5.06. The van der Waals surface area contributed by atoms with E-state index in [1.54, 1.807) is 24.7 Å². The van der Waals surface area contributed by atoms with Crippen LogP contribution in [0.3, 0.4) is 0 Å². The Morgan fingerprint density at radius 3 is 1.61 bits per heavy atom. The van der Waals surface area contributed by atoms with Crippen molar-refractivity contribution in [3.05, 3.63) is 95.2 Å². The van der Waals surface area contributed by atoms with Crippen molar-refractivity contribution >= 4 is 83.6 Å². The number of fused-ring (bicyclic) bond motifs is 2. The van der Waals surface area contributed by atoms with Gasteiger partial charge in [-0.15, -0.1) is 45.3 Å². The normalized spacial score (nSPS) is 10.9. The summed E-state index contributed by atoms with van der Waals surface area (Å²) in [4.78, 5) is 61.7. The first-order chi connectivity index (χ1) is 26.2. The lowest BCUT2D eigenvalue weighted by molar-refractivity contribution is -0.135. The van der Waals surface area contributed by atoms with E-state index >= 15 is 0 Å². The second-order valence-corrected chi connectivity index (χ2v) is 14.7. The molecule has 2 aromatic carbocycles. The number of carbonyl (C=O) groups excluding carboxylic acids is 2. The third-order valence-electron chi connectivity index (χ3n) is 7.42. The van der Waals surface area contributed by atoms with Crippen LogP contribution in [-0.2, 0) is 9.53 Å². The summed E-state index contributed by atoms with van der Waals surface area (Å²) in [6.07, 6.45) is 3.27. The molecule has 14 nitrogen and oxygen atoms in total. The zero-order valence-electron chi connectivity index (χ0n) is 27.8. The molecule has 0 aliphatic heterocycles. The number of carboxylic acid groups (broad SMARTS) is 1. The summed E-state index contributed by atoms with van der Waals surface area (Å²) in [7, 11) is 0. The van der Waals surface area contributed by atoms with Gasteiger partial charge in [-0.2, -0.15) is 0 Å². The fraction of sp³-hybridized carbons (Fsp3) is 0.0833. The van der Waals surface area contributed by atoms with E-state index in [0.29, 0.717) is 46.8 Å². The van der Waals surface area contributed by atoms with Crippen LogP contribution in [0, 0.1) is 0 Å². The van der Waals surface area contributed by atoms with Crippen LogP contribution in [0.2, 0.25) is 0 Å². The maximum absolute atomic E-state index is 12.4. The minimum absolute atomic E-state index is 0.118. The monoisotopic (exact) mass is 795 g/mol. The van der Waals surface area contributed by atoms with Crippen LogP contribution < -0.4 is 5.32 Å². The number of amides is 1. The number of benzene rings is 2. The van der Waals surface area contributed by atoms with Crippen LogP contribution in [0.15, 0.2) is 83.8 Å². The van der Waals surface area contributed by atoms with Gasteiger partial charge >= 0.3 is 11.9 Å². The van der Waals surface area contributed by atoms with Gasteiger partial charge in [-0.25, -0.2) is 34.7 Å². The molecule has 4 N–H and O–H groups in total. The fourth-order valence-corrected chi connectivity index (χ4v) is 8.35. The van der Waals surface area contributed by atoms with Gasteiger partial charge < -0.3 is 25.4 Å². The number of carboxylic acids is 1. The first-order valence-corrected chi connectivity index (χ1v) is 19.3. The molecule has 0 spiro atoms. The van der Waals surface area contributed by atoms with Crippen molar-refractivity contribution in [2.75, 3.05) is 13.2 Å². The van der Waals surface area contributed by atoms with E-state index in [4.69, 9.17) is 9.84 Å². The predicted octanol–water partition coefficient (Wildman–Crippen LogP) is 7.37. The molecule has 0 radical (unpaired) electrons. The largest absolute Gasteiger partial charge is 0.504 e. The van der Waals surface area contributed by atoms with Crippen molar-refractivity contribution in [3.63, 3.8) is 0 Å². The number of aliphatic carboxylic acids is 1. The third-order valence-corrected chi connectivity index (χ3v) is 11.2. The highest BCUT2D eigenvalue weighted by molar-refractivity contribution is 7.22. The lowest BCUT2D eigenvalue weighted by atomic mass is 10.2. The Morgan fingerprint density at radius 1 is 0.685 bits per heavy atom. The van der Waals surface area contributed by atoms with Gasteiger partial charge in [-0.1, -0.05) is 60.7 Å². The molecule has 8 aromatic rings. The van der Waals surface area contributed by atoms with Gasteiger partial charge in [0.25, 0.3) is 5.91 Å². The quantitative estimate of drug-likeness (QED) is 0.105. The molecule has 8 rings (SSSR count). The lowest BCUT2D eigenvalue weighted by Crippen LogP contribution is -2.30. The van der Waals surface area contributed by atoms with E-state index in [0.717, 1.165) is 16.1 Å². The lowest BCUT2D eigenvalue weighted by Gasteiger charge is -2.07. The van der Waals surface area contributed by atoms with Gasteiger partial charge in [0.1, 0.15) is 58.4 Å². The summed E-state index contributed by atoms with van der Waals surface area (Å²) >= 11 is 5.25. The summed E-state index contributed by atoms with van der Waals surface area (Å²) in [5.74, 6) is -3.19. The van der Waals surface area contributed by atoms with Gasteiger partial charge in [-0.3, -0.25) is 9.59 Å². The maximum atomic E-state index is 12.4. The predicted molar refractivity (Wildman–Crippen MR) is 207 cm³/mol. The molecule has 6 aromatic heterocycles. The van der Waals surface area contributed by atoms with Crippen LogP contribution in [0.1, 0.15) is 27.9 Å². The summed E-state index contributed by atoms with van der Waals surface area (Å²) in [6, 6.07) is 19.1. The second kappa shape index (κ2) is 15.8. The van der Waals surface area contributed by atoms with Crippen molar-refractivity contribution in [2.45, 2.75) is 6.92 Å². The van der Waals surface area contributed by atoms with E-state index < -0.39 is 24.4 Å². The third kappa shape index (κ3) is 7.35. The molecular formula is C36H25N7O7S4. The molecule has 0 aliphatic carbocycles. The second-order valence-electron chi connectivity index (χ2n) is 10.9. The van der Waals surface area contributed by atoms with Crippen molar-refractivity contribution in [3.8, 4) is 54.0 Å². The molecule has 18 heteroatoms. The van der Waals surface area contributed by atoms with E-state index in [1.165, 1.54) is 45.3 Å². The molecule has 0 unspecified atom stereocenters. The van der Waals surface area contributed by atoms with Gasteiger partial charge in [0.2, 0.25) is 0 Å². The molecule has 0 atom stereocenters. The molecule has 270 valence electrons. The number of nitrogens with zero attached hydrogens (tertiary/aromatic N) is 6. The van der Waals surface area contributed by atoms with Crippen LogP contribution in [-0.4, -0.2) is 76.2 Å². The molecule has 0 saturated carbocycles. The molecular weight excluding hydrogens is 771 g/mol. The molecule has 6 heterocycles. The number of hydrogen-bond acceptors (Lipinski definition) is 16. The van der Waals surface area contributed by atoms with Gasteiger partial charge in [0, 0.05) is 34.3 Å². The maximum Gasteiger partial charge on any atom is 0.360 e. The molecule has 54 heavy (non-hydrogen) atoms. The zero-order chi connectivity index (χ0) is 37.8. The first kappa shape index (κ1) is 36.2. The topological polar surface area (TPSA) is 210 Å². The number of nitrogens with one attached hydrogen (secondary N) is 1. The number of carbonyl (C=O) groups is 3. The number of esters is 1. The summed E-state index contributed by atoms with van der Waals surface area (Å²) in [5.41, 5.74) is 3.20. The average molecular weight is 796 g/mol. The van der Waals surface area contributed by atoms with Gasteiger partial charge in [0.05, 0.1) is 6.61 Å². The number of aromatic hydroxyl groups is 2. The summed E-state index contributed by atoms with van der Waals surface area (Å²) in [6.45, 7) is 1.32. The number of pyridine rings is 2. The molecule has 0 bridgehead atoms. The SMILES string of the molecule is CCOC(=O)c1nc(-c2nccs2)c2nc(-c3ccccc3)sc2c1O.O=C(O)CNC(=O)c1nc(-c2nccs2)c2nc(-c3ccccc3)sc2c1O. The van der Waals surface area contributed by atoms with E-state index in [2.05, 4.69) is 35.2 Å². The van der Waals surface area contributed by atoms with Crippen LogP contribution in [0.25, 0.3) is 63.0 Å². The Kier molecular flexibility index (Phi) is 10.6. The Balaban J connectivity index is 0.000000167. The van der Waals surface area contributed by atoms with Gasteiger partial charge in [0.15, 0.2) is 22.9 Å². The highest BCUT2D eigenvalue weighted by Gasteiger charge is 2.26. The number of ether oxygens (including phenoxy) is 1. The van der Waals surface area contributed by atoms with Crippen molar-refractivity contribution in [1.82, 2.24) is 35.2 Å². The minimum Gasteiger partial charge on any atom is -0.504 e. The average Bonchev–Trinajstić information content (AvgIpc) is 4.03. The van der Waals surface area contributed by atoms with Crippen molar-refractivity contribution in [2.24, 2.45) is 0 Å². The summed E-state index contributed by atoms with van der Waals surface area (Å²) in [5, 5.41) is 38.4. The van der Waals surface area contributed by atoms with Crippen LogP contribution in [0.5, 0.6) is 11.5 Å². The molecule has 0 saturated heterocycles. The number of thiazole rings is 4. The smallest absolute Gasteiger partial charge is 0.360 e. The summed E-state index contributed by atoms with van der Waals surface area (Å²) < 4.78 is 5.91. The number of hydrogen-bond donors (Lipinski definition) is 4. The van der Waals surface area contributed by atoms with E-state index in [1.807, 2.05) is 66.0 Å². The Bertz CT molecular complexity index is 2610. The Morgan fingerprint density at radius 2 is 1.17 bits per heavy atom. The highest BCUT2D eigenvalue weighted by Crippen LogP contribution is 2.43. The van der Waals surface area contributed by atoms with Crippen LogP contribution in [0.4, 0.5) is 0 Å². The van der Waals surface area contributed by atoms with E-state index in [9.17, 15) is 24.6 Å². The highest BCUT2D eigenvalue weighted by atomic mass is 32.1. The van der Waals surface area contributed by atoms with Crippen molar-refractivity contribution in [1.29, 1.82) is 0 Å². The molecule has 0 aliphatic rings. The number of rotatable bonds is 9. The number of aromatic nitrogens is 6. The van der Waals surface area contributed by atoms with Crippen LogP contribution >= 0.6 is 45.3 Å². The molecule has 0 fully saturated rings. The first-order valence-electron chi connectivity index (χ1n) is 15.9. The Labute approximate surface area is 321 Å². The van der Waals surface area contributed by atoms with E-state index in [-0.39, 0.29) is 29.5 Å². The minimum atomic E-state index is -1.20. The van der Waals surface area contributed by atoms with Gasteiger partial charge in [-0.05, 0) is 6.92 Å². The molecule has 1 amide bonds.